The van der Waals surface area contributed by atoms with Gasteiger partial charge >= 0.3 is 0 Å². The van der Waals surface area contributed by atoms with Gasteiger partial charge in [0.2, 0.25) is 0 Å². The number of allylic oxidation sites excluding steroid dienone is 2. The van der Waals surface area contributed by atoms with Gasteiger partial charge in [-0.2, -0.15) is 0 Å². The Labute approximate surface area is 222 Å². The lowest BCUT2D eigenvalue weighted by Crippen LogP contribution is -1.97. The average Bonchev–Trinajstić information content (AvgIpc) is 3.53. The van der Waals surface area contributed by atoms with Crippen molar-refractivity contribution in [2.24, 2.45) is 0 Å². The molecule has 0 atom stereocenters. The molecular weight excluding hydrogens is 458 g/mol. The van der Waals surface area contributed by atoms with Crippen molar-refractivity contribution in [2.45, 2.75) is 6.42 Å². The normalized spacial score (nSPS) is 12.7. The maximum absolute atomic E-state index is 3.31. The minimum absolute atomic E-state index is 1.03. The van der Waals surface area contributed by atoms with Gasteiger partial charge in [0.05, 0.1) is 17.3 Å². The lowest BCUT2D eigenvalue weighted by atomic mass is 9.97. The van der Waals surface area contributed by atoms with Crippen molar-refractivity contribution in [1.82, 2.24) is 4.57 Å². The highest BCUT2D eigenvalue weighted by Gasteiger charge is 2.24. The number of rotatable bonds is 3. The summed E-state index contributed by atoms with van der Waals surface area (Å²) in [4.78, 5) is 0. The second kappa shape index (κ2) is 8.28. The van der Waals surface area contributed by atoms with E-state index < -0.39 is 0 Å². The van der Waals surface area contributed by atoms with Gasteiger partial charge in [-0.3, -0.25) is 4.57 Å². The third-order valence-electron chi connectivity index (χ3n) is 7.98. The molecule has 176 valence electrons. The Bertz CT molecular complexity index is 1910. The van der Waals surface area contributed by atoms with Crippen LogP contribution in [0.3, 0.4) is 0 Å². The minimum Gasteiger partial charge on any atom is -0.256 e. The minimum atomic E-state index is 1.03. The van der Waals surface area contributed by atoms with Crippen LogP contribution < -0.4 is 0 Å². The average molecular weight is 483 g/mol. The van der Waals surface area contributed by atoms with Crippen molar-refractivity contribution in [3.8, 4) is 39.1 Å². The van der Waals surface area contributed by atoms with Crippen LogP contribution in [0.5, 0.6) is 0 Å². The molecule has 2 aliphatic rings. The van der Waals surface area contributed by atoms with Crippen LogP contribution >= 0.6 is 0 Å². The first-order chi connectivity index (χ1) is 18.8. The zero-order chi connectivity index (χ0) is 25.1. The number of hydrogen-bond donors (Lipinski definition) is 0. The first kappa shape index (κ1) is 21.1. The van der Waals surface area contributed by atoms with Gasteiger partial charge < -0.3 is 0 Å². The quantitative estimate of drug-likeness (QED) is 0.221. The smallest absolute Gasteiger partial charge is 0.166 e. The van der Waals surface area contributed by atoms with Crippen molar-refractivity contribution in [1.29, 1.82) is 0 Å². The van der Waals surface area contributed by atoms with E-state index in [4.69, 9.17) is 0 Å². The molecule has 0 N–H and O–H groups in total. The Kier molecular flexibility index (Phi) is 4.61. The van der Waals surface area contributed by atoms with E-state index in [0.717, 1.165) is 12.1 Å². The van der Waals surface area contributed by atoms with Gasteiger partial charge in [0.15, 0.2) is 5.69 Å². The summed E-state index contributed by atoms with van der Waals surface area (Å²) < 4.78 is 2.36. The molecule has 0 fully saturated rings. The van der Waals surface area contributed by atoms with Crippen LogP contribution in [-0.2, 0) is 6.42 Å². The third kappa shape index (κ3) is 3.23. The summed E-state index contributed by atoms with van der Waals surface area (Å²) in [7, 11) is 0. The van der Waals surface area contributed by atoms with E-state index in [9.17, 15) is 0 Å². The summed E-state index contributed by atoms with van der Waals surface area (Å²) in [5.74, 6) is 0. The summed E-state index contributed by atoms with van der Waals surface area (Å²) in [5, 5.41) is 1.26. The Balaban J connectivity index is 1.25. The number of aromatic nitrogens is 1. The topological polar surface area (TPSA) is 4.93 Å². The summed E-state index contributed by atoms with van der Waals surface area (Å²) in [6, 6.07) is 42.1. The van der Waals surface area contributed by atoms with Crippen LogP contribution in [0.4, 0.5) is 0 Å². The fraction of sp³-hybridized carbons (Fsp3) is 0.0270. The number of nitrogens with zero attached hydrogens (tertiary/aromatic N) is 1. The highest BCUT2D eigenvalue weighted by Crippen LogP contribution is 2.40. The zero-order valence-electron chi connectivity index (χ0n) is 20.9. The summed E-state index contributed by atoms with van der Waals surface area (Å²) >= 11 is 0. The molecule has 0 bridgehead atoms. The van der Waals surface area contributed by atoms with Crippen LogP contribution in [0, 0.1) is 6.08 Å². The monoisotopic (exact) mass is 482 g/mol. The molecule has 1 aromatic heterocycles. The number of fused-ring (bicyclic) bond motifs is 6. The first-order valence-electron chi connectivity index (χ1n) is 13.2. The molecule has 0 spiro atoms. The Hall–Kier alpha value is -4.97. The molecule has 1 heterocycles. The molecule has 2 aliphatic carbocycles. The van der Waals surface area contributed by atoms with E-state index in [1.165, 1.54) is 66.7 Å². The molecular formula is C37H24N+. The molecule has 0 radical (unpaired) electrons. The Morgan fingerprint density at radius 1 is 0.579 bits per heavy atom. The summed E-state index contributed by atoms with van der Waals surface area (Å²) in [6.07, 6.45) is 10.6. The maximum Gasteiger partial charge on any atom is 0.166 e. The van der Waals surface area contributed by atoms with E-state index in [1.54, 1.807) is 0 Å². The van der Waals surface area contributed by atoms with Crippen molar-refractivity contribution in [3.63, 3.8) is 0 Å². The van der Waals surface area contributed by atoms with Gasteiger partial charge in [-0.05, 0) is 81.3 Å². The third-order valence-corrected chi connectivity index (χ3v) is 7.98. The first-order valence-corrected chi connectivity index (χ1v) is 13.2. The highest BCUT2D eigenvalue weighted by molar-refractivity contribution is 5.99. The molecule has 0 aliphatic heterocycles. The summed E-state index contributed by atoms with van der Waals surface area (Å²) in [6.45, 7) is 0. The fourth-order valence-corrected chi connectivity index (χ4v) is 6.11. The van der Waals surface area contributed by atoms with Gasteiger partial charge in [-0.25, -0.2) is 0 Å². The van der Waals surface area contributed by atoms with Crippen LogP contribution in [0.25, 0.3) is 62.1 Å². The van der Waals surface area contributed by atoms with E-state index in [2.05, 4.69) is 138 Å². The molecule has 38 heavy (non-hydrogen) atoms. The van der Waals surface area contributed by atoms with Crippen molar-refractivity contribution < 1.29 is 0 Å². The van der Waals surface area contributed by atoms with E-state index in [-0.39, 0.29) is 0 Å². The van der Waals surface area contributed by atoms with Gasteiger partial charge in [0.1, 0.15) is 17.7 Å². The van der Waals surface area contributed by atoms with Crippen molar-refractivity contribution >= 4 is 23.1 Å². The van der Waals surface area contributed by atoms with Gasteiger partial charge in [-0.1, -0.05) is 84.9 Å². The second-order valence-corrected chi connectivity index (χ2v) is 10.1. The maximum atomic E-state index is 3.31. The Morgan fingerprint density at radius 2 is 1.29 bits per heavy atom. The number of hydrogen-bond acceptors (Lipinski definition) is 0. The van der Waals surface area contributed by atoms with Crippen LogP contribution in [0.15, 0.2) is 121 Å². The lowest BCUT2D eigenvalue weighted by Gasteiger charge is -2.09. The lowest BCUT2D eigenvalue weighted by molar-refractivity contribution is 1.10. The number of benzene rings is 5. The molecule has 6 aromatic rings. The van der Waals surface area contributed by atoms with Gasteiger partial charge in [0, 0.05) is 11.5 Å². The Morgan fingerprint density at radius 3 is 2.18 bits per heavy atom. The predicted molar refractivity (Wildman–Crippen MR) is 159 cm³/mol. The standard InChI is InChI=1S/C37H24N/c1-2-8-25(9-3-1)26-16-19-31(20-17-26)38-36-13-7-6-12-33(36)35-24-28(18-21-37(35)38)27-14-15-30-22-29-10-4-5-11-32(29)34(30)23-27/h1-6,8-21,23-24H,22H2/q+1. The molecule has 1 nitrogen and oxygen atoms in total. The second-order valence-electron chi connectivity index (χ2n) is 10.1. The fourth-order valence-electron chi connectivity index (χ4n) is 6.11. The van der Waals surface area contributed by atoms with E-state index in [1.807, 2.05) is 6.08 Å². The summed E-state index contributed by atoms with van der Waals surface area (Å²) in [5.41, 5.74) is 15.3. The van der Waals surface area contributed by atoms with Crippen molar-refractivity contribution in [2.75, 3.05) is 0 Å². The molecule has 0 saturated heterocycles. The zero-order valence-corrected chi connectivity index (χ0v) is 20.9. The van der Waals surface area contributed by atoms with Gasteiger partial charge in [0.25, 0.3) is 0 Å². The van der Waals surface area contributed by atoms with Crippen molar-refractivity contribution in [3.05, 3.63) is 150 Å². The van der Waals surface area contributed by atoms with Crippen LogP contribution in [0.1, 0.15) is 22.4 Å². The highest BCUT2D eigenvalue weighted by atomic mass is 15.0. The molecule has 0 amide bonds. The molecule has 1 heteroatoms. The predicted octanol–water partition coefficient (Wildman–Crippen LogP) is 9.38. The molecule has 0 unspecified atom stereocenters. The van der Waals surface area contributed by atoms with Gasteiger partial charge in [-0.15, -0.1) is 0 Å². The van der Waals surface area contributed by atoms with E-state index >= 15 is 0 Å². The SMILES string of the molecule is [C+]1=Cc2c(c3cc(-c4ccc5c(c4)-c4ccccc4C5)ccc3n2-c2ccc(-c3ccccc3)cc2)C=C1. The van der Waals surface area contributed by atoms with Crippen LogP contribution in [-0.4, -0.2) is 4.57 Å². The van der Waals surface area contributed by atoms with E-state index in [0.29, 0.717) is 0 Å². The molecule has 0 saturated carbocycles. The largest absolute Gasteiger partial charge is 0.256 e. The molecule has 5 aromatic carbocycles. The molecule has 8 rings (SSSR count). The van der Waals surface area contributed by atoms with Crippen LogP contribution in [0.2, 0.25) is 0 Å².